The summed E-state index contributed by atoms with van der Waals surface area (Å²) >= 11 is 21.4. The van der Waals surface area contributed by atoms with Crippen LogP contribution in [0.25, 0.3) is 16.7 Å². The standard InChI is InChI=1S/C14H7BrCl3FN2/c15-7-1-2-8(17)12(3-7)21-13-5-10(19)9(18)4-11(13)20-14(21)6-16/h1-5H,6H2. The molecule has 2 nitrogen and oxygen atoms in total. The molecule has 7 heteroatoms. The lowest BCUT2D eigenvalue weighted by molar-refractivity contribution is 0.629. The Morgan fingerprint density at radius 1 is 1.14 bits per heavy atom. The Balaban J connectivity index is 2.40. The van der Waals surface area contributed by atoms with E-state index in [0.29, 0.717) is 27.6 Å². The molecule has 108 valence electrons. The van der Waals surface area contributed by atoms with Gasteiger partial charge in [0, 0.05) is 10.5 Å². The number of rotatable bonds is 2. The van der Waals surface area contributed by atoms with Crippen molar-refractivity contribution in [2.24, 2.45) is 0 Å². The third-order valence-electron chi connectivity index (χ3n) is 3.03. The molecule has 0 amide bonds. The number of imidazole rings is 1. The molecular formula is C14H7BrCl3FN2. The average Bonchev–Trinajstić information content (AvgIpc) is 2.79. The fourth-order valence-corrected chi connectivity index (χ4v) is 3.03. The lowest BCUT2D eigenvalue weighted by Crippen LogP contribution is -2.00. The summed E-state index contributed by atoms with van der Waals surface area (Å²) in [5.74, 6) is 0.211. The Hall–Kier alpha value is -0.810. The second-order valence-corrected chi connectivity index (χ2v) is 6.35. The maximum Gasteiger partial charge on any atom is 0.144 e. The van der Waals surface area contributed by atoms with Crippen molar-refractivity contribution in [2.45, 2.75) is 5.88 Å². The third-order valence-corrected chi connectivity index (χ3v) is 4.38. The molecule has 1 heterocycles. The predicted octanol–water partition coefficient (Wildman–Crippen LogP) is 5.97. The summed E-state index contributed by atoms with van der Waals surface area (Å²) in [5, 5.41) is 0.535. The lowest BCUT2D eigenvalue weighted by Gasteiger charge is -2.10. The Morgan fingerprint density at radius 2 is 1.90 bits per heavy atom. The fourth-order valence-electron chi connectivity index (χ4n) is 2.14. The highest BCUT2D eigenvalue weighted by Gasteiger charge is 2.16. The number of fused-ring (bicyclic) bond motifs is 1. The first-order chi connectivity index (χ1) is 10.0. The van der Waals surface area contributed by atoms with Crippen LogP contribution in [0.4, 0.5) is 4.39 Å². The van der Waals surface area contributed by atoms with Gasteiger partial charge in [-0.15, -0.1) is 11.6 Å². The Labute approximate surface area is 143 Å². The molecule has 0 aliphatic heterocycles. The van der Waals surface area contributed by atoms with E-state index in [-0.39, 0.29) is 10.9 Å². The SMILES string of the molecule is Fc1cc2c(cc1Cl)nc(CCl)n2-c1cc(Br)ccc1Cl. The van der Waals surface area contributed by atoms with E-state index in [2.05, 4.69) is 20.9 Å². The van der Waals surface area contributed by atoms with Gasteiger partial charge in [-0.05, 0) is 24.3 Å². The number of aromatic nitrogens is 2. The van der Waals surface area contributed by atoms with E-state index in [4.69, 9.17) is 34.8 Å². The molecule has 0 atom stereocenters. The van der Waals surface area contributed by atoms with Gasteiger partial charge in [0.1, 0.15) is 11.6 Å². The summed E-state index contributed by atoms with van der Waals surface area (Å²) in [5.41, 5.74) is 1.80. The van der Waals surface area contributed by atoms with Gasteiger partial charge in [0.05, 0.1) is 32.6 Å². The quantitative estimate of drug-likeness (QED) is 0.478. The smallest absolute Gasteiger partial charge is 0.144 e. The van der Waals surface area contributed by atoms with Crippen LogP contribution in [0.5, 0.6) is 0 Å². The van der Waals surface area contributed by atoms with Crippen LogP contribution in [0, 0.1) is 5.82 Å². The van der Waals surface area contributed by atoms with Gasteiger partial charge >= 0.3 is 0 Å². The van der Waals surface area contributed by atoms with Gasteiger partial charge in [0.15, 0.2) is 0 Å². The van der Waals surface area contributed by atoms with E-state index in [1.165, 1.54) is 12.1 Å². The second-order valence-electron chi connectivity index (χ2n) is 4.35. The molecular weight excluding hydrogens is 401 g/mol. The summed E-state index contributed by atoms with van der Waals surface area (Å²) in [6.07, 6.45) is 0. The number of benzene rings is 2. The van der Waals surface area contributed by atoms with Gasteiger partial charge in [-0.25, -0.2) is 9.37 Å². The molecule has 21 heavy (non-hydrogen) atoms. The number of halogens is 5. The van der Waals surface area contributed by atoms with Crippen LogP contribution < -0.4 is 0 Å². The van der Waals surface area contributed by atoms with Crippen LogP contribution in [0.2, 0.25) is 10.0 Å². The maximum atomic E-state index is 13.8. The van der Waals surface area contributed by atoms with Crippen molar-refractivity contribution in [3.8, 4) is 5.69 Å². The minimum Gasteiger partial charge on any atom is -0.294 e. The summed E-state index contributed by atoms with van der Waals surface area (Å²) in [4.78, 5) is 4.39. The van der Waals surface area contributed by atoms with Crippen LogP contribution >= 0.6 is 50.7 Å². The number of hydrogen-bond donors (Lipinski definition) is 0. The highest BCUT2D eigenvalue weighted by atomic mass is 79.9. The van der Waals surface area contributed by atoms with E-state index in [1.54, 1.807) is 10.6 Å². The van der Waals surface area contributed by atoms with Gasteiger partial charge in [-0.1, -0.05) is 39.1 Å². The normalized spacial score (nSPS) is 11.3. The number of alkyl halides is 1. The Kier molecular flexibility index (Phi) is 4.14. The molecule has 0 N–H and O–H groups in total. The van der Waals surface area contributed by atoms with Crippen LogP contribution in [-0.2, 0) is 5.88 Å². The first-order valence-electron chi connectivity index (χ1n) is 5.89. The summed E-state index contributed by atoms with van der Waals surface area (Å²) < 4.78 is 16.4. The summed E-state index contributed by atoms with van der Waals surface area (Å²) in [6.45, 7) is 0. The van der Waals surface area contributed by atoms with Crippen molar-refractivity contribution in [1.82, 2.24) is 9.55 Å². The third kappa shape index (κ3) is 2.66. The maximum absolute atomic E-state index is 13.8. The molecule has 0 aliphatic carbocycles. The summed E-state index contributed by atoms with van der Waals surface area (Å²) in [7, 11) is 0. The minimum atomic E-state index is -0.516. The molecule has 0 saturated carbocycles. The first-order valence-corrected chi connectivity index (χ1v) is 7.97. The van der Waals surface area contributed by atoms with Gasteiger partial charge in [0.25, 0.3) is 0 Å². The molecule has 0 spiro atoms. The van der Waals surface area contributed by atoms with Gasteiger partial charge < -0.3 is 0 Å². The van der Waals surface area contributed by atoms with Gasteiger partial charge in [-0.3, -0.25) is 4.57 Å². The van der Waals surface area contributed by atoms with Crippen LogP contribution in [0.15, 0.2) is 34.8 Å². The molecule has 0 bridgehead atoms. The zero-order valence-electron chi connectivity index (χ0n) is 10.4. The minimum absolute atomic E-state index is 0.0219. The molecule has 2 aromatic carbocycles. The fraction of sp³-hybridized carbons (Fsp3) is 0.0714. The largest absolute Gasteiger partial charge is 0.294 e. The van der Waals surface area contributed by atoms with Crippen LogP contribution in [0.3, 0.4) is 0 Å². The highest BCUT2D eigenvalue weighted by Crippen LogP contribution is 2.31. The molecule has 3 aromatic rings. The van der Waals surface area contributed by atoms with Crippen molar-refractivity contribution < 1.29 is 4.39 Å². The molecule has 1 aromatic heterocycles. The van der Waals surface area contributed by atoms with Gasteiger partial charge in [0.2, 0.25) is 0 Å². The Bertz CT molecular complexity index is 848. The Morgan fingerprint density at radius 3 is 2.62 bits per heavy atom. The zero-order chi connectivity index (χ0) is 15.1. The van der Waals surface area contributed by atoms with Gasteiger partial charge in [-0.2, -0.15) is 0 Å². The second kappa shape index (κ2) is 5.76. The average molecular weight is 408 g/mol. The van der Waals surface area contributed by atoms with Crippen molar-refractivity contribution in [1.29, 1.82) is 0 Å². The van der Waals surface area contributed by atoms with Crippen molar-refractivity contribution in [3.05, 3.63) is 56.5 Å². The molecule has 0 saturated heterocycles. The topological polar surface area (TPSA) is 17.8 Å². The lowest BCUT2D eigenvalue weighted by atomic mass is 10.2. The van der Waals surface area contributed by atoms with Crippen molar-refractivity contribution >= 4 is 61.8 Å². The molecule has 0 unspecified atom stereocenters. The molecule has 0 aliphatic rings. The molecule has 3 rings (SSSR count). The highest BCUT2D eigenvalue weighted by molar-refractivity contribution is 9.10. The monoisotopic (exact) mass is 406 g/mol. The predicted molar refractivity (Wildman–Crippen MR) is 88.3 cm³/mol. The van der Waals surface area contributed by atoms with Crippen LogP contribution in [0.1, 0.15) is 5.82 Å². The first kappa shape index (κ1) is 15.1. The van der Waals surface area contributed by atoms with E-state index in [9.17, 15) is 4.39 Å². The number of nitrogens with zero attached hydrogens (tertiary/aromatic N) is 2. The van der Waals surface area contributed by atoms with Crippen molar-refractivity contribution in [2.75, 3.05) is 0 Å². The molecule has 0 fully saturated rings. The van der Waals surface area contributed by atoms with E-state index >= 15 is 0 Å². The van der Waals surface area contributed by atoms with E-state index in [0.717, 1.165) is 4.47 Å². The molecule has 0 radical (unpaired) electrons. The zero-order valence-corrected chi connectivity index (χ0v) is 14.2. The van der Waals surface area contributed by atoms with Crippen molar-refractivity contribution in [3.63, 3.8) is 0 Å². The van der Waals surface area contributed by atoms with E-state index < -0.39 is 5.82 Å². The van der Waals surface area contributed by atoms with E-state index in [1.807, 2.05) is 12.1 Å². The van der Waals surface area contributed by atoms with Crippen LogP contribution in [-0.4, -0.2) is 9.55 Å². The summed E-state index contributed by atoms with van der Waals surface area (Å²) in [6, 6.07) is 8.20. The number of hydrogen-bond acceptors (Lipinski definition) is 1.